The summed E-state index contributed by atoms with van der Waals surface area (Å²) in [4.78, 5) is 12.9. The largest absolute Gasteiger partial charge is 0.330 e. The lowest BCUT2D eigenvalue weighted by molar-refractivity contribution is -0.116. The second kappa shape index (κ2) is 5.82. The first kappa shape index (κ1) is 12.9. The molecular weight excluding hydrogens is 231 g/mol. The number of amides is 1. The van der Waals surface area contributed by atoms with E-state index in [4.69, 9.17) is 17.3 Å². The number of rotatable bonds is 4. The van der Waals surface area contributed by atoms with Crippen LogP contribution in [0, 0.1) is 5.82 Å². The van der Waals surface area contributed by atoms with Crippen molar-refractivity contribution in [1.82, 2.24) is 0 Å². The van der Waals surface area contributed by atoms with Gasteiger partial charge in [-0.2, -0.15) is 0 Å². The predicted octanol–water partition coefficient (Wildman–Crippen LogP) is 2.18. The molecule has 5 heteroatoms. The van der Waals surface area contributed by atoms with E-state index >= 15 is 0 Å². The number of carbonyl (C=O) groups excluding carboxylic acids is 1. The van der Waals surface area contributed by atoms with Gasteiger partial charge in [-0.25, -0.2) is 4.39 Å². The molecule has 0 aliphatic heterocycles. The van der Waals surface area contributed by atoms with Crippen LogP contribution in [0.1, 0.15) is 13.3 Å². The molecule has 0 aliphatic carbocycles. The van der Waals surface area contributed by atoms with Crippen LogP contribution in [0.15, 0.2) is 18.2 Å². The number of halogens is 2. The van der Waals surface area contributed by atoms with Crippen LogP contribution in [0.4, 0.5) is 10.1 Å². The highest BCUT2D eigenvalue weighted by Crippen LogP contribution is 2.22. The number of carbonyl (C=O) groups is 1. The van der Waals surface area contributed by atoms with Gasteiger partial charge in [0.2, 0.25) is 5.91 Å². The average Bonchev–Trinajstić information content (AvgIpc) is 2.23. The molecule has 0 saturated carbocycles. The molecule has 0 bridgehead atoms. The van der Waals surface area contributed by atoms with Crippen molar-refractivity contribution in [3.05, 3.63) is 29.0 Å². The Kier molecular flexibility index (Phi) is 4.71. The average molecular weight is 245 g/mol. The van der Waals surface area contributed by atoms with Gasteiger partial charge in [-0.3, -0.25) is 4.79 Å². The fourth-order valence-electron chi connectivity index (χ4n) is 1.37. The van der Waals surface area contributed by atoms with Crippen molar-refractivity contribution in [2.75, 3.05) is 18.0 Å². The summed E-state index contributed by atoms with van der Waals surface area (Å²) in [7, 11) is 0. The molecule has 88 valence electrons. The molecule has 0 atom stereocenters. The van der Waals surface area contributed by atoms with Gasteiger partial charge >= 0.3 is 0 Å². The van der Waals surface area contributed by atoms with Crippen molar-refractivity contribution in [1.29, 1.82) is 0 Å². The first-order valence-electron chi connectivity index (χ1n) is 4.99. The van der Waals surface area contributed by atoms with Crippen LogP contribution in [-0.2, 0) is 4.79 Å². The fraction of sp³-hybridized carbons (Fsp3) is 0.364. The summed E-state index contributed by atoms with van der Waals surface area (Å²) >= 11 is 5.66. The number of nitrogens with two attached hydrogens (primary N) is 1. The quantitative estimate of drug-likeness (QED) is 0.883. The van der Waals surface area contributed by atoms with E-state index in [2.05, 4.69) is 0 Å². The second-order valence-electron chi connectivity index (χ2n) is 3.41. The first-order valence-corrected chi connectivity index (χ1v) is 5.37. The van der Waals surface area contributed by atoms with Gasteiger partial charge in [0.05, 0.1) is 5.02 Å². The molecule has 0 fully saturated rings. The highest BCUT2D eigenvalue weighted by Gasteiger charge is 2.12. The Morgan fingerprint density at radius 2 is 2.25 bits per heavy atom. The van der Waals surface area contributed by atoms with Gasteiger partial charge < -0.3 is 10.6 Å². The van der Waals surface area contributed by atoms with Crippen molar-refractivity contribution in [2.45, 2.75) is 13.3 Å². The summed E-state index contributed by atoms with van der Waals surface area (Å²) in [5, 5.41) is 0.0106. The number of nitrogens with zero attached hydrogens (tertiary/aromatic N) is 1. The second-order valence-corrected chi connectivity index (χ2v) is 3.82. The van der Waals surface area contributed by atoms with Crippen molar-refractivity contribution in [2.24, 2.45) is 5.73 Å². The molecule has 0 aromatic heterocycles. The third-order valence-corrected chi connectivity index (χ3v) is 2.47. The third-order valence-electron chi connectivity index (χ3n) is 2.18. The van der Waals surface area contributed by atoms with Crippen molar-refractivity contribution in [3.8, 4) is 0 Å². The van der Waals surface area contributed by atoms with Gasteiger partial charge in [0.15, 0.2) is 0 Å². The summed E-state index contributed by atoms with van der Waals surface area (Å²) in [6.45, 7) is 2.46. The van der Waals surface area contributed by atoms with Gasteiger partial charge in [0.25, 0.3) is 0 Å². The Balaban J connectivity index is 2.92. The van der Waals surface area contributed by atoms with Crippen molar-refractivity contribution in [3.63, 3.8) is 0 Å². The number of hydrogen-bond acceptors (Lipinski definition) is 2. The van der Waals surface area contributed by atoms with Crippen LogP contribution < -0.4 is 10.6 Å². The molecule has 1 aromatic carbocycles. The van der Waals surface area contributed by atoms with E-state index in [1.54, 1.807) is 0 Å². The van der Waals surface area contributed by atoms with Gasteiger partial charge in [-0.05, 0) is 31.2 Å². The highest BCUT2D eigenvalue weighted by molar-refractivity contribution is 6.31. The minimum absolute atomic E-state index is 0.0106. The van der Waals surface area contributed by atoms with Crippen LogP contribution in [0.5, 0.6) is 0 Å². The molecule has 1 rings (SSSR count). The molecule has 2 N–H and O–H groups in total. The van der Waals surface area contributed by atoms with Crippen LogP contribution >= 0.6 is 11.6 Å². The molecule has 0 unspecified atom stereocenters. The maximum Gasteiger partial charge on any atom is 0.223 e. The Bertz CT molecular complexity index is 384. The molecule has 0 saturated heterocycles. The maximum atomic E-state index is 13.0. The van der Waals surface area contributed by atoms with Crippen LogP contribution in [0.2, 0.25) is 5.02 Å². The summed E-state index contributed by atoms with van der Waals surface area (Å²) < 4.78 is 13.0. The van der Waals surface area contributed by atoms with E-state index < -0.39 is 5.82 Å². The summed E-state index contributed by atoms with van der Waals surface area (Å²) in [6, 6.07) is 4.21. The minimum atomic E-state index is -0.493. The fourth-order valence-corrected chi connectivity index (χ4v) is 1.55. The molecule has 1 aromatic rings. The van der Waals surface area contributed by atoms with Gasteiger partial charge in [0.1, 0.15) is 5.82 Å². The van der Waals surface area contributed by atoms with E-state index in [-0.39, 0.29) is 10.9 Å². The molecule has 0 radical (unpaired) electrons. The third kappa shape index (κ3) is 3.18. The molecule has 1 amide bonds. The standard InChI is InChI=1S/C11H14ClFN2O/c1-8(16)15(6-2-5-14)9-3-4-11(13)10(12)7-9/h3-4,7H,2,5-6,14H2,1H3. The molecule has 0 heterocycles. The van der Waals surface area contributed by atoms with E-state index in [0.717, 1.165) is 0 Å². The zero-order chi connectivity index (χ0) is 12.1. The first-order chi connectivity index (χ1) is 7.56. The Hall–Kier alpha value is -1.13. The van der Waals surface area contributed by atoms with E-state index in [1.165, 1.54) is 30.0 Å². The van der Waals surface area contributed by atoms with E-state index in [1.807, 2.05) is 0 Å². The van der Waals surface area contributed by atoms with Gasteiger partial charge in [-0.15, -0.1) is 0 Å². The lowest BCUT2D eigenvalue weighted by atomic mass is 10.2. The summed E-state index contributed by atoms with van der Waals surface area (Å²) in [6.07, 6.45) is 0.689. The SMILES string of the molecule is CC(=O)N(CCCN)c1ccc(F)c(Cl)c1. The smallest absolute Gasteiger partial charge is 0.223 e. The van der Waals surface area contributed by atoms with Crippen LogP contribution in [0.3, 0.4) is 0 Å². The molecule has 3 nitrogen and oxygen atoms in total. The van der Waals surface area contributed by atoms with Gasteiger partial charge in [-0.1, -0.05) is 11.6 Å². The monoisotopic (exact) mass is 244 g/mol. The maximum absolute atomic E-state index is 13.0. The molecular formula is C11H14ClFN2O. The zero-order valence-electron chi connectivity index (χ0n) is 9.04. The molecule has 16 heavy (non-hydrogen) atoms. The summed E-state index contributed by atoms with van der Waals surface area (Å²) in [5.74, 6) is -0.608. The number of hydrogen-bond donors (Lipinski definition) is 1. The Morgan fingerprint density at radius 3 is 2.75 bits per heavy atom. The molecule has 0 spiro atoms. The van der Waals surface area contributed by atoms with Gasteiger partial charge in [0, 0.05) is 19.2 Å². The lowest BCUT2D eigenvalue weighted by Crippen LogP contribution is -2.30. The lowest BCUT2D eigenvalue weighted by Gasteiger charge is -2.21. The van der Waals surface area contributed by atoms with Crippen molar-refractivity contribution < 1.29 is 9.18 Å². The zero-order valence-corrected chi connectivity index (χ0v) is 9.80. The Labute approximate surface area is 99.0 Å². The minimum Gasteiger partial charge on any atom is -0.330 e. The number of benzene rings is 1. The van der Waals surface area contributed by atoms with E-state index in [9.17, 15) is 9.18 Å². The predicted molar refractivity (Wildman–Crippen MR) is 63.1 cm³/mol. The van der Waals surface area contributed by atoms with Crippen molar-refractivity contribution >= 4 is 23.2 Å². The summed E-state index contributed by atoms with van der Waals surface area (Å²) in [5.41, 5.74) is 5.98. The topological polar surface area (TPSA) is 46.3 Å². The Morgan fingerprint density at radius 1 is 1.56 bits per heavy atom. The molecule has 0 aliphatic rings. The van der Waals surface area contributed by atoms with E-state index in [0.29, 0.717) is 25.2 Å². The normalized spacial score (nSPS) is 10.2. The van der Waals surface area contributed by atoms with Crippen LogP contribution in [0.25, 0.3) is 0 Å². The highest BCUT2D eigenvalue weighted by atomic mass is 35.5. The number of anilines is 1. The van der Waals surface area contributed by atoms with Crippen LogP contribution in [-0.4, -0.2) is 19.0 Å².